The highest BCUT2D eigenvalue weighted by molar-refractivity contribution is 5.92. The van der Waals surface area contributed by atoms with Gasteiger partial charge < -0.3 is 19.8 Å². The quantitative estimate of drug-likeness (QED) is 0.904. The summed E-state index contributed by atoms with van der Waals surface area (Å²) in [4.78, 5) is 25.5. The van der Waals surface area contributed by atoms with E-state index in [1.807, 2.05) is 31.2 Å². The molecule has 1 aromatic heterocycles. The number of furan rings is 1. The zero-order valence-electron chi connectivity index (χ0n) is 14.2. The molecule has 6 nitrogen and oxygen atoms in total. The van der Waals surface area contributed by atoms with Gasteiger partial charge in [-0.05, 0) is 44.0 Å². The van der Waals surface area contributed by atoms with Crippen molar-refractivity contribution in [3.05, 3.63) is 53.5 Å². The highest BCUT2D eigenvalue weighted by Crippen LogP contribution is 2.20. The van der Waals surface area contributed by atoms with Crippen LogP contribution in [0.4, 0.5) is 0 Å². The molecule has 2 heterocycles. The van der Waals surface area contributed by atoms with Crippen molar-refractivity contribution in [2.75, 3.05) is 13.1 Å². The lowest BCUT2D eigenvalue weighted by Crippen LogP contribution is -2.44. The second kappa shape index (κ2) is 7.42. The topological polar surface area (TPSA) is 85.8 Å². The number of rotatable bonds is 5. The van der Waals surface area contributed by atoms with Crippen molar-refractivity contribution in [2.45, 2.75) is 26.4 Å². The van der Waals surface area contributed by atoms with E-state index in [1.54, 1.807) is 17.0 Å². The molecule has 0 radical (unpaired) electrons. The van der Waals surface area contributed by atoms with Gasteiger partial charge in [0.2, 0.25) is 5.91 Å². The van der Waals surface area contributed by atoms with E-state index in [1.165, 1.54) is 0 Å². The van der Waals surface area contributed by atoms with Gasteiger partial charge in [-0.25, -0.2) is 0 Å². The molecule has 1 saturated heterocycles. The van der Waals surface area contributed by atoms with E-state index < -0.39 is 0 Å². The minimum atomic E-state index is -0.357. The second-order valence-corrected chi connectivity index (χ2v) is 6.36. The van der Waals surface area contributed by atoms with Crippen molar-refractivity contribution in [1.29, 1.82) is 0 Å². The lowest BCUT2D eigenvalue weighted by Gasteiger charge is -2.30. The number of nitrogens with zero attached hydrogens (tertiary/aromatic N) is 1. The molecule has 1 aromatic carbocycles. The Morgan fingerprint density at radius 3 is 2.72 bits per heavy atom. The molecule has 1 atom stereocenters. The Hall–Kier alpha value is -2.76. The van der Waals surface area contributed by atoms with E-state index in [4.69, 9.17) is 14.9 Å². The Labute approximate surface area is 146 Å². The predicted molar refractivity (Wildman–Crippen MR) is 92.0 cm³/mol. The van der Waals surface area contributed by atoms with Crippen LogP contribution in [0, 0.1) is 12.8 Å². The summed E-state index contributed by atoms with van der Waals surface area (Å²) in [6, 6.07) is 11.1. The van der Waals surface area contributed by atoms with Crippen molar-refractivity contribution in [1.82, 2.24) is 4.90 Å². The molecule has 132 valence electrons. The first-order valence-corrected chi connectivity index (χ1v) is 8.39. The van der Waals surface area contributed by atoms with Gasteiger partial charge in [0.25, 0.3) is 5.91 Å². The second-order valence-electron chi connectivity index (χ2n) is 6.36. The third-order valence-corrected chi connectivity index (χ3v) is 4.39. The molecule has 2 aromatic rings. The number of piperidine rings is 1. The number of hydrogen-bond donors (Lipinski definition) is 1. The molecule has 0 unspecified atom stereocenters. The number of carbonyl (C=O) groups excluding carboxylic acids is 2. The summed E-state index contributed by atoms with van der Waals surface area (Å²) in [7, 11) is 0. The van der Waals surface area contributed by atoms with Gasteiger partial charge in [0.05, 0.1) is 5.92 Å². The van der Waals surface area contributed by atoms with Crippen LogP contribution in [0.2, 0.25) is 0 Å². The SMILES string of the molecule is Cc1ccc(OCc2ccc(C(=O)N3CCC[C@@H](C(N)=O)C3)o2)cc1. The van der Waals surface area contributed by atoms with Gasteiger partial charge in [-0.1, -0.05) is 17.7 Å². The largest absolute Gasteiger partial charge is 0.486 e. The van der Waals surface area contributed by atoms with Crippen molar-refractivity contribution in [2.24, 2.45) is 11.7 Å². The molecule has 6 heteroatoms. The smallest absolute Gasteiger partial charge is 0.289 e. The summed E-state index contributed by atoms with van der Waals surface area (Å²) in [6.07, 6.45) is 1.50. The summed E-state index contributed by atoms with van der Waals surface area (Å²) in [5.74, 6) is 0.726. The van der Waals surface area contributed by atoms with Crippen LogP contribution in [0.25, 0.3) is 0 Å². The normalized spacial score (nSPS) is 17.3. The summed E-state index contributed by atoms with van der Waals surface area (Å²) >= 11 is 0. The van der Waals surface area contributed by atoms with Crippen molar-refractivity contribution >= 4 is 11.8 Å². The Kier molecular flexibility index (Phi) is 5.07. The van der Waals surface area contributed by atoms with E-state index in [0.717, 1.165) is 24.2 Å². The highest BCUT2D eigenvalue weighted by atomic mass is 16.5. The molecule has 1 fully saturated rings. The summed E-state index contributed by atoms with van der Waals surface area (Å²) in [5, 5.41) is 0. The van der Waals surface area contributed by atoms with Gasteiger partial charge in [0, 0.05) is 13.1 Å². The molecule has 0 spiro atoms. The lowest BCUT2D eigenvalue weighted by molar-refractivity contribution is -0.123. The molecule has 1 aliphatic rings. The van der Waals surface area contributed by atoms with Gasteiger partial charge in [0.1, 0.15) is 18.1 Å². The number of primary amides is 1. The third-order valence-electron chi connectivity index (χ3n) is 4.39. The average molecular weight is 342 g/mol. The van der Waals surface area contributed by atoms with Gasteiger partial charge in [-0.3, -0.25) is 9.59 Å². The fourth-order valence-corrected chi connectivity index (χ4v) is 2.91. The number of ether oxygens (including phenoxy) is 1. The molecule has 0 bridgehead atoms. The maximum Gasteiger partial charge on any atom is 0.289 e. The molecular weight excluding hydrogens is 320 g/mol. The molecule has 2 N–H and O–H groups in total. The van der Waals surface area contributed by atoms with Crippen molar-refractivity contribution in [3.63, 3.8) is 0 Å². The zero-order valence-corrected chi connectivity index (χ0v) is 14.2. The monoisotopic (exact) mass is 342 g/mol. The van der Waals surface area contributed by atoms with Gasteiger partial charge >= 0.3 is 0 Å². The van der Waals surface area contributed by atoms with Crippen LogP contribution in [0.15, 0.2) is 40.8 Å². The summed E-state index contributed by atoms with van der Waals surface area (Å²) in [6.45, 7) is 3.22. The van der Waals surface area contributed by atoms with E-state index in [0.29, 0.717) is 18.8 Å². The Morgan fingerprint density at radius 2 is 2.00 bits per heavy atom. The van der Waals surface area contributed by atoms with Crippen LogP contribution in [-0.4, -0.2) is 29.8 Å². The molecule has 2 amide bonds. The summed E-state index contributed by atoms with van der Waals surface area (Å²) in [5.41, 5.74) is 6.52. The average Bonchev–Trinajstić information content (AvgIpc) is 3.09. The number of nitrogens with two attached hydrogens (primary N) is 1. The molecule has 25 heavy (non-hydrogen) atoms. The highest BCUT2D eigenvalue weighted by Gasteiger charge is 2.28. The standard InChI is InChI=1S/C19H22N2O4/c1-13-4-6-15(7-5-13)24-12-16-8-9-17(25-16)19(23)21-10-2-3-14(11-21)18(20)22/h4-9,14H,2-3,10-12H2,1H3,(H2,20,22)/t14-/m1/s1. The molecule has 1 aliphatic heterocycles. The van der Waals surface area contributed by atoms with Crippen molar-refractivity contribution in [3.8, 4) is 5.75 Å². The number of carbonyl (C=O) groups is 2. The molecule has 3 rings (SSSR count). The maximum atomic E-state index is 12.5. The fourth-order valence-electron chi connectivity index (χ4n) is 2.91. The third kappa shape index (κ3) is 4.21. The maximum absolute atomic E-state index is 12.5. The fraction of sp³-hybridized carbons (Fsp3) is 0.368. The number of aryl methyl sites for hydroxylation is 1. The molecular formula is C19H22N2O4. The summed E-state index contributed by atoms with van der Waals surface area (Å²) < 4.78 is 11.3. The predicted octanol–water partition coefficient (Wildman–Crippen LogP) is 2.50. The first kappa shape index (κ1) is 17.1. The van der Waals surface area contributed by atoms with Crippen LogP contribution in [-0.2, 0) is 11.4 Å². The first-order chi connectivity index (χ1) is 12.0. The van der Waals surface area contributed by atoms with Crippen LogP contribution in [0.5, 0.6) is 5.75 Å². The van der Waals surface area contributed by atoms with E-state index in [9.17, 15) is 9.59 Å². The zero-order chi connectivity index (χ0) is 17.8. The van der Waals surface area contributed by atoms with Crippen LogP contribution >= 0.6 is 0 Å². The number of hydrogen-bond acceptors (Lipinski definition) is 4. The van der Waals surface area contributed by atoms with E-state index in [2.05, 4.69) is 0 Å². The Balaban J connectivity index is 1.59. The van der Waals surface area contributed by atoms with Crippen LogP contribution < -0.4 is 10.5 Å². The number of benzene rings is 1. The van der Waals surface area contributed by atoms with E-state index in [-0.39, 0.29) is 30.1 Å². The molecule has 0 aliphatic carbocycles. The van der Waals surface area contributed by atoms with Crippen LogP contribution in [0.1, 0.15) is 34.7 Å². The number of amides is 2. The number of likely N-dealkylation sites (tertiary alicyclic amines) is 1. The van der Waals surface area contributed by atoms with Gasteiger partial charge in [0.15, 0.2) is 5.76 Å². The minimum Gasteiger partial charge on any atom is -0.486 e. The van der Waals surface area contributed by atoms with Gasteiger partial charge in [-0.2, -0.15) is 0 Å². The Bertz CT molecular complexity index is 751. The Morgan fingerprint density at radius 1 is 1.24 bits per heavy atom. The van der Waals surface area contributed by atoms with Gasteiger partial charge in [-0.15, -0.1) is 0 Å². The molecule has 0 saturated carbocycles. The minimum absolute atomic E-state index is 0.215. The first-order valence-electron chi connectivity index (χ1n) is 8.39. The lowest BCUT2D eigenvalue weighted by atomic mass is 9.97. The van der Waals surface area contributed by atoms with Crippen LogP contribution in [0.3, 0.4) is 0 Å². The van der Waals surface area contributed by atoms with E-state index >= 15 is 0 Å². The van der Waals surface area contributed by atoms with Crippen molar-refractivity contribution < 1.29 is 18.7 Å².